The molecule has 9 nitrogen and oxygen atoms in total. The van der Waals surface area contributed by atoms with Gasteiger partial charge in [-0.25, -0.2) is 4.39 Å². The predicted octanol–water partition coefficient (Wildman–Crippen LogP) is 3.11. The normalized spacial score (nSPS) is 14.0. The number of amides is 2. The molecule has 2 aromatic carbocycles. The van der Waals surface area contributed by atoms with Crippen LogP contribution in [0.2, 0.25) is 0 Å². The number of nitrogens with zero attached hydrogens (tertiary/aromatic N) is 4. The summed E-state index contributed by atoms with van der Waals surface area (Å²) in [6.07, 6.45) is 0. The number of morpholine rings is 1. The second-order valence-corrected chi connectivity index (χ2v) is 8.96. The molecule has 0 atom stereocenters. The Labute approximate surface area is 207 Å². The summed E-state index contributed by atoms with van der Waals surface area (Å²) in [5, 5.41) is 14.8. The number of ether oxygens (including phenoxy) is 1. The van der Waals surface area contributed by atoms with Crippen LogP contribution in [0.25, 0.3) is 11.4 Å². The number of nitrogens with one attached hydrogen (secondary N) is 2. The monoisotopic (exact) mass is 498 g/mol. The first-order valence-electron chi connectivity index (χ1n) is 11.3. The molecule has 3 aromatic rings. The Morgan fingerprint density at radius 3 is 2.46 bits per heavy atom. The summed E-state index contributed by atoms with van der Waals surface area (Å²) in [5.74, 6) is 0.0494. The van der Waals surface area contributed by atoms with E-state index in [-0.39, 0.29) is 23.4 Å². The SMILES string of the molecule is CC(=O)Nc1cccc(NC(=O)CSc2nnc(-c3ccc(F)cc3)n2CCN2CCOCC2)c1. The Kier molecular flexibility index (Phi) is 8.45. The van der Waals surface area contributed by atoms with Gasteiger partial charge in [-0.2, -0.15) is 0 Å². The first kappa shape index (κ1) is 24.8. The fraction of sp³-hybridized carbons (Fsp3) is 0.333. The van der Waals surface area contributed by atoms with Crippen molar-refractivity contribution in [1.82, 2.24) is 19.7 Å². The number of rotatable bonds is 9. The molecule has 0 unspecified atom stereocenters. The van der Waals surface area contributed by atoms with Gasteiger partial charge < -0.3 is 19.9 Å². The minimum Gasteiger partial charge on any atom is -0.379 e. The lowest BCUT2D eigenvalue weighted by Crippen LogP contribution is -2.38. The van der Waals surface area contributed by atoms with E-state index in [0.29, 0.717) is 42.1 Å². The molecule has 0 radical (unpaired) electrons. The van der Waals surface area contributed by atoms with Crippen LogP contribution >= 0.6 is 11.8 Å². The van der Waals surface area contributed by atoms with E-state index >= 15 is 0 Å². The quantitative estimate of drug-likeness (QED) is 0.437. The van der Waals surface area contributed by atoms with Crippen LogP contribution in [0.3, 0.4) is 0 Å². The molecular weight excluding hydrogens is 471 g/mol. The molecule has 0 bridgehead atoms. The van der Waals surface area contributed by atoms with Gasteiger partial charge in [0.25, 0.3) is 0 Å². The van der Waals surface area contributed by atoms with Crippen LogP contribution in [0.5, 0.6) is 0 Å². The van der Waals surface area contributed by atoms with E-state index < -0.39 is 0 Å². The molecule has 2 amide bonds. The van der Waals surface area contributed by atoms with Gasteiger partial charge >= 0.3 is 0 Å². The minimum atomic E-state index is -0.318. The average Bonchev–Trinajstić information content (AvgIpc) is 3.25. The molecule has 4 rings (SSSR count). The Bertz CT molecular complexity index is 1160. The largest absolute Gasteiger partial charge is 0.379 e. The fourth-order valence-corrected chi connectivity index (χ4v) is 4.45. The molecule has 2 N–H and O–H groups in total. The summed E-state index contributed by atoms with van der Waals surface area (Å²) in [6, 6.07) is 13.1. The smallest absolute Gasteiger partial charge is 0.234 e. The number of carbonyl (C=O) groups excluding carboxylic acids is 2. The summed E-state index contributed by atoms with van der Waals surface area (Å²) < 4.78 is 20.8. The van der Waals surface area contributed by atoms with E-state index in [9.17, 15) is 14.0 Å². The second kappa shape index (κ2) is 11.9. The number of hydrogen-bond acceptors (Lipinski definition) is 7. The maximum atomic E-state index is 13.4. The fourth-order valence-electron chi connectivity index (χ4n) is 3.68. The van der Waals surface area contributed by atoms with Crippen molar-refractivity contribution >= 4 is 35.0 Å². The topological polar surface area (TPSA) is 101 Å². The highest BCUT2D eigenvalue weighted by Gasteiger charge is 2.18. The van der Waals surface area contributed by atoms with Gasteiger partial charge in [0, 0.05) is 50.0 Å². The molecule has 184 valence electrons. The van der Waals surface area contributed by atoms with Gasteiger partial charge in [0.05, 0.1) is 19.0 Å². The van der Waals surface area contributed by atoms with Gasteiger partial charge in [-0.1, -0.05) is 17.8 Å². The zero-order valence-corrected chi connectivity index (χ0v) is 20.2. The summed E-state index contributed by atoms with van der Waals surface area (Å²) in [5.41, 5.74) is 1.95. The highest BCUT2D eigenvalue weighted by atomic mass is 32.2. The second-order valence-electron chi connectivity index (χ2n) is 8.02. The van der Waals surface area contributed by atoms with E-state index in [1.165, 1.54) is 30.8 Å². The zero-order chi connectivity index (χ0) is 24.6. The van der Waals surface area contributed by atoms with E-state index in [1.54, 1.807) is 36.4 Å². The lowest BCUT2D eigenvalue weighted by Gasteiger charge is -2.27. The van der Waals surface area contributed by atoms with E-state index in [1.807, 2.05) is 4.57 Å². The Hall–Kier alpha value is -3.28. The minimum absolute atomic E-state index is 0.128. The number of thioether (sulfide) groups is 1. The number of halogens is 1. The molecule has 0 spiro atoms. The van der Waals surface area contributed by atoms with Crippen molar-refractivity contribution in [3.63, 3.8) is 0 Å². The molecule has 1 aromatic heterocycles. The van der Waals surface area contributed by atoms with Crippen molar-refractivity contribution in [2.45, 2.75) is 18.6 Å². The van der Waals surface area contributed by atoms with Crippen LogP contribution in [0.4, 0.5) is 15.8 Å². The number of aromatic nitrogens is 3. The summed E-state index contributed by atoms with van der Waals surface area (Å²) in [7, 11) is 0. The van der Waals surface area contributed by atoms with Crippen LogP contribution in [0.15, 0.2) is 53.7 Å². The van der Waals surface area contributed by atoms with Gasteiger partial charge in [0.2, 0.25) is 11.8 Å². The van der Waals surface area contributed by atoms with Gasteiger partial charge in [-0.05, 0) is 42.5 Å². The maximum absolute atomic E-state index is 13.4. The third-order valence-electron chi connectivity index (χ3n) is 5.36. The van der Waals surface area contributed by atoms with Gasteiger partial charge in [0.1, 0.15) is 5.82 Å². The summed E-state index contributed by atoms with van der Waals surface area (Å²) >= 11 is 1.28. The lowest BCUT2D eigenvalue weighted by molar-refractivity contribution is -0.114. The third-order valence-corrected chi connectivity index (χ3v) is 6.33. The summed E-state index contributed by atoms with van der Waals surface area (Å²) in [4.78, 5) is 26.2. The molecule has 11 heteroatoms. The molecule has 0 saturated carbocycles. The van der Waals surface area contributed by atoms with Crippen molar-refractivity contribution in [3.8, 4) is 11.4 Å². The van der Waals surface area contributed by atoms with Crippen molar-refractivity contribution in [3.05, 3.63) is 54.3 Å². The first-order chi connectivity index (χ1) is 17.0. The lowest BCUT2D eigenvalue weighted by atomic mass is 10.2. The molecule has 1 fully saturated rings. The average molecular weight is 499 g/mol. The van der Waals surface area contributed by atoms with E-state index in [0.717, 1.165) is 25.2 Å². The van der Waals surface area contributed by atoms with Crippen molar-refractivity contribution < 1.29 is 18.7 Å². The van der Waals surface area contributed by atoms with E-state index in [4.69, 9.17) is 4.74 Å². The van der Waals surface area contributed by atoms with E-state index in [2.05, 4.69) is 25.7 Å². The highest BCUT2D eigenvalue weighted by molar-refractivity contribution is 7.99. The molecular formula is C24H27FN6O3S. The molecule has 1 saturated heterocycles. The van der Waals surface area contributed by atoms with Gasteiger partial charge in [-0.3, -0.25) is 14.5 Å². The number of anilines is 2. The van der Waals surface area contributed by atoms with Gasteiger partial charge in [0.15, 0.2) is 11.0 Å². The Morgan fingerprint density at radius 2 is 1.74 bits per heavy atom. The Morgan fingerprint density at radius 1 is 1.03 bits per heavy atom. The molecule has 0 aliphatic carbocycles. The maximum Gasteiger partial charge on any atom is 0.234 e. The predicted molar refractivity (Wildman–Crippen MR) is 133 cm³/mol. The van der Waals surface area contributed by atoms with Crippen LogP contribution in [0.1, 0.15) is 6.92 Å². The van der Waals surface area contributed by atoms with Crippen molar-refractivity contribution in [2.75, 3.05) is 49.2 Å². The Balaban J connectivity index is 1.44. The number of benzene rings is 2. The molecule has 35 heavy (non-hydrogen) atoms. The molecule has 1 aliphatic heterocycles. The first-order valence-corrected chi connectivity index (χ1v) is 12.3. The standard InChI is InChI=1S/C24H27FN6O3S/c1-17(32)26-20-3-2-4-21(15-20)27-22(33)16-35-24-29-28-23(18-5-7-19(25)8-6-18)31(24)10-9-30-11-13-34-14-12-30/h2-8,15H,9-14,16H2,1H3,(H,26,32)(H,27,33). The molecule has 1 aliphatic rings. The molecule has 2 heterocycles. The van der Waals surface area contributed by atoms with Gasteiger partial charge in [-0.15, -0.1) is 10.2 Å². The number of hydrogen-bond donors (Lipinski definition) is 2. The van der Waals surface area contributed by atoms with Crippen LogP contribution in [-0.2, 0) is 20.9 Å². The van der Waals surface area contributed by atoms with Crippen molar-refractivity contribution in [1.29, 1.82) is 0 Å². The third kappa shape index (κ3) is 7.10. The summed E-state index contributed by atoms with van der Waals surface area (Å²) in [6.45, 7) is 5.97. The van der Waals surface area contributed by atoms with Crippen LogP contribution in [0, 0.1) is 5.82 Å². The number of carbonyl (C=O) groups is 2. The van der Waals surface area contributed by atoms with Crippen LogP contribution < -0.4 is 10.6 Å². The zero-order valence-electron chi connectivity index (χ0n) is 19.4. The van der Waals surface area contributed by atoms with Crippen molar-refractivity contribution in [2.24, 2.45) is 0 Å². The highest BCUT2D eigenvalue weighted by Crippen LogP contribution is 2.25. The van der Waals surface area contributed by atoms with Crippen LogP contribution in [-0.4, -0.2) is 70.1 Å².